The molecule has 0 rings (SSSR count). The molecule has 0 aromatic heterocycles. The van der Waals surface area contributed by atoms with Crippen LogP contribution in [-0.2, 0) is 14.3 Å². The Hall–Kier alpha value is -1.66. The number of hydrogen-bond donors (Lipinski definition) is 3. The van der Waals surface area contributed by atoms with Gasteiger partial charge in [-0.2, -0.15) is 0 Å². The molecule has 0 fully saturated rings. The Morgan fingerprint density at radius 1 is 0.370 bits per heavy atom. The normalized spacial score (nSPS) is 12.7. The van der Waals surface area contributed by atoms with Crippen molar-refractivity contribution in [2.45, 2.75) is 379 Å². The van der Waals surface area contributed by atoms with Gasteiger partial charge in [-0.25, -0.2) is 0 Å². The highest BCUT2D eigenvalue weighted by molar-refractivity contribution is 5.76. The number of aliphatic hydroxyl groups is 2. The van der Waals surface area contributed by atoms with Gasteiger partial charge in [0.25, 0.3) is 0 Å². The highest BCUT2D eigenvalue weighted by Gasteiger charge is 2.20. The van der Waals surface area contributed by atoms with Gasteiger partial charge in [0.2, 0.25) is 5.91 Å². The molecule has 0 radical (unpaired) electrons. The van der Waals surface area contributed by atoms with E-state index in [2.05, 4.69) is 43.5 Å². The van der Waals surface area contributed by atoms with Crippen molar-refractivity contribution < 1.29 is 24.5 Å². The first kappa shape index (κ1) is 71.3. The van der Waals surface area contributed by atoms with Crippen LogP contribution in [0.5, 0.6) is 0 Å². The van der Waals surface area contributed by atoms with Gasteiger partial charge >= 0.3 is 5.97 Å². The second-order valence-corrected chi connectivity index (χ2v) is 22.8. The topological polar surface area (TPSA) is 95.9 Å². The monoisotopic (exact) mass is 1030 g/mol. The summed E-state index contributed by atoms with van der Waals surface area (Å²) in [5, 5.41) is 23.1. The van der Waals surface area contributed by atoms with E-state index in [1.54, 1.807) is 0 Å². The molecular formula is C67H129NO5. The quantitative estimate of drug-likeness (QED) is 0.0320. The number of carbonyl (C=O) groups is 2. The van der Waals surface area contributed by atoms with Crippen LogP contribution >= 0.6 is 0 Å². The van der Waals surface area contributed by atoms with Crippen molar-refractivity contribution in [3.8, 4) is 0 Å². The van der Waals surface area contributed by atoms with E-state index in [4.69, 9.17) is 4.74 Å². The first-order valence-electron chi connectivity index (χ1n) is 33.1. The van der Waals surface area contributed by atoms with Crippen molar-refractivity contribution in [3.05, 3.63) is 24.3 Å². The van der Waals surface area contributed by atoms with Gasteiger partial charge < -0.3 is 20.3 Å². The number of allylic oxidation sites excluding steroid dienone is 4. The lowest BCUT2D eigenvalue weighted by Crippen LogP contribution is -2.45. The molecule has 0 aliphatic carbocycles. The zero-order valence-corrected chi connectivity index (χ0v) is 49.4. The fourth-order valence-electron chi connectivity index (χ4n) is 10.4. The van der Waals surface area contributed by atoms with Gasteiger partial charge in [-0.05, 0) is 77.0 Å². The summed E-state index contributed by atoms with van der Waals surface area (Å²) in [7, 11) is 0. The van der Waals surface area contributed by atoms with E-state index in [1.165, 1.54) is 289 Å². The molecule has 6 heteroatoms. The average Bonchev–Trinajstić information content (AvgIpc) is 3.39. The summed E-state index contributed by atoms with van der Waals surface area (Å²) in [5.74, 6) is -0.0234. The number of nitrogens with one attached hydrogen (secondary N) is 1. The highest BCUT2D eigenvalue weighted by Crippen LogP contribution is 2.18. The van der Waals surface area contributed by atoms with Gasteiger partial charge in [-0.3, -0.25) is 9.59 Å². The van der Waals surface area contributed by atoms with Gasteiger partial charge in [0.1, 0.15) is 0 Å². The van der Waals surface area contributed by atoms with Gasteiger partial charge in [-0.15, -0.1) is 0 Å². The van der Waals surface area contributed by atoms with E-state index in [-0.39, 0.29) is 18.5 Å². The molecule has 3 N–H and O–H groups in total. The van der Waals surface area contributed by atoms with Crippen molar-refractivity contribution in [3.63, 3.8) is 0 Å². The maximum Gasteiger partial charge on any atom is 0.305 e. The molecule has 6 nitrogen and oxygen atoms in total. The molecular weight excluding hydrogens is 899 g/mol. The lowest BCUT2D eigenvalue weighted by molar-refractivity contribution is -0.143. The van der Waals surface area contributed by atoms with E-state index in [0.29, 0.717) is 25.9 Å². The molecule has 0 aromatic rings. The van der Waals surface area contributed by atoms with Gasteiger partial charge in [0, 0.05) is 12.8 Å². The SMILES string of the molecule is CCCCCCCCC/C=C\CCCCCCCC(=O)OCCCCCCCCCCCCCC/C=C\CCCCCCCCCCCCCCCCCC(=O)NC(CO)C(O)CCCCCCCCCCC. The molecule has 432 valence electrons. The molecule has 2 unspecified atom stereocenters. The lowest BCUT2D eigenvalue weighted by atomic mass is 10.0. The number of unbranched alkanes of at least 4 members (excludes halogenated alkanes) is 47. The molecule has 0 aliphatic rings. The van der Waals surface area contributed by atoms with E-state index in [9.17, 15) is 19.8 Å². The van der Waals surface area contributed by atoms with E-state index in [0.717, 1.165) is 44.9 Å². The number of hydrogen-bond acceptors (Lipinski definition) is 5. The number of esters is 1. The third-order valence-corrected chi connectivity index (χ3v) is 15.5. The largest absolute Gasteiger partial charge is 0.466 e. The minimum Gasteiger partial charge on any atom is -0.466 e. The van der Waals surface area contributed by atoms with Crippen molar-refractivity contribution in [1.29, 1.82) is 0 Å². The minimum atomic E-state index is -0.660. The molecule has 1 amide bonds. The van der Waals surface area contributed by atoms with Crippen LogP contribution in [-0.4, -0.2) is 47.4 Å². The minimum absolute atomic E-state index is 0.0106. The first-order valence-corrected chi connectivity index (χ1v) is 33.1. The Morgan fingerprint density at radius 2 is 0.644 bits per heavy atom. The van der Waals surface area contributed by atoms with Gasteiger partial charge in [0.05, 0.1) is 25.4 Å². The smallest absolute Gasteiger partial charge is 0.305 e. The van der Waals surface area contributed by atoms with Crippen LogP contribution < -0.4 is 5.32 Å². The summed E-state index contributed by atoms with van der Waals surface area (Å²) in [6, 6.07) is -0.537. The molecule has 0 spiro atoms. The molecule has 0 saturated heterocycles. The molecule has 0 saturated carbocycles. The maximum atomic E-state index is 12.4. The van der Waals surface area contributed by atoms with Crippen LogP contribution in [0.4, 0.5) is 0 Å². The maximum absolute atomic E-state index is 12.4. The third kappa shape index (κ3) is 59.4. The van der Waals surface area contributed by atoms with E-state index in [1.807, 2.05) is 0 Å². The predicted octanol–water partition coefficient (Wildman–Crippen LogP) is 21.0. The molecule has 0 bridgehead atoms. The van der Waals surface area contributed by atoms with Gasteiger partial charge in [0.15, 0.2) is 0 Å². The zero-order chi connectivity index (χ0) is 52.9. The highest BCUT2D eigenvalue weighted by atomic mass is 16.5. The fourth-order valence-corrected chi connectivity index (χ4v) is 10.4. The molecule has 0 aliphatic heterocycles. The van der Waals surface area contributed by atoms with Crippen LogP contribution in [0.15, 0.2) is 24.3 Å². The second-order valence-electron chi connectivity index (χ2n) is 22.8. The number of amides is 1. The molecule has 2 atom stereocenters. The molecule has 0 aromatic carbocycles. The fraction of sp³-hybridized carbons (Fsp3) is 0.910. The van der Waals surface area contributed by atoms with Crippen LogP contribution in [0.2, 0.25) is 0 Å². The number of ether oxygens (including phenoxy) is 1. The number of aliphatic hydroxyl groups excluding tert-OH is 2. The summed E-state index contributed by atoms with van der Waals surface area (Å²) in [6.07, 6.45) is 78.0. The Balaban J connectivity index is 3.32. The lowest BCUT2D eigenvalue weighted by Gasteiger charge is -2.22. The predicted molar refractivity (Wildman–Crippen MR) is 320 cm³/mol. The summed E-state index contributed by atoms with van der Waals surface area (Å²) in [5.41, 5.74) is 0. The molecule has 0 heterocycles. The Kier molecular flexibility index (Phi) is 61.4. The first-order chi connectivity index (χ1) is 36.0. The van der Waals surface area contributed by atoms with Crippen molar-refractivity contribution in [2.24, 2.45) is 0 Å². The average molecular weight is 1030 g/mol. The van der Waals surface area contributed by atoms with Gasteiger partial charge in [-0.1, -0.05) is 301 Å². The van der Waals surface area contributed by atoms with Crippen LogP contribution in [0.1, 0.15) is 367 Å². The van der Waals surface area contributed by atoms with Crippen LogP contribution in [0, 0.1) is 0 Å². The van der Waals surface area contributed by atoms with Crippen molar-refractivity contribution in [2.75, 3.05) is 13.2 Å². The number of carbonyl (C=O) groups excluding carboxylic acids is 2. The Labute approximate surface area is 456 Å². The zero-order valence-electron chi connectivity index (χ0n) is 49.4. The summed E-state index contributed by atoms with van der Waals surface area (Å²) in [4.78, 5) is 24.5. The van der Waals surface area contributed by atoms with Crippen molar-refractivity contribution >= 4 is 11.9 Å². The van der Waals surface area contributed by atoms with Crippen LogP contribution in [0.25, 0.3) is 0 Å². The second kappa shape index (κ2) is 62.9. The van der Waals surface area contributed by atoms with E-state index >= 15 is 0 Å². The number of rotatable bonds is 62. The summed E-state index contributed by atoms with van der Waals surface area (Å²) in [6.45, 7) is 4.95. The standard InChI is InChI=1S/C67H129NO5/c1-3-5-7-9-11-13-14-15-16-35-38-41-45-49-53-57-61-67(72)73-62-58-54-50-46-42-39-36-33-31-29-27-25-23-21-19-17-18-20-22-24-26-28-30-32-34-37-40-44-48-52-56-60-66(71)68-64(63-69)65(70)59-55-51-47-43-12-10-8-6-4-2/h16,19,21,35,64-65,69-70H,3-15,17-18,20,22-34,36-63H2,1-2H3,(H,68,71)/b21-19-,35-16-. The molecule has 73 heavy (non-hydrogen) atoms. The van der Waals surface area contributed by atoms with Crippen molar-refractivity contribution in [1.82, 2.24) is 5.32 Å². The van der Waals surface area contributed by atoms with Crippen LogP contribution in [0.3, 0.4) is 0 Å². The summed E-state index contributed by atoms with van der Waals surface area (Å²) < 4.78 is 5.49. The Morgan fingerprint density at radius 3 is 0.973 bits per heavy atom. The summed E-state index contributed by atoms with van der Waals surface area (Å²) >= 11 is 0. The third-order valence-electron chi connectivity index (χ3n) is 15.5. The van der Waals surface area contributed by atoms with E-state index < -0.39 is 12.1 Å². The Bertz CT molecular complexity index is 1140.